The van der Waals surface area contributed by atoms with E-state index in [9.17, 15) is 9.18 Å². The molecule has 0 radical (unpaired) electrons. The highest BCUT2D eigenvalue weighted by molar-refractivity contribution is 6.06. The first-order chi connectivity index (χ1) is 15.6. The number of benzene rings is 3. The van der Waals surface area contributed by atoms with E-state index in [2.05, 4.69) is 15.1 Å². The van der Waals surface area contributed by atoms with Crippen LogP contribution in [0.5, 0.6) is 5.75 Å². The van der Waals surface area contributed by atoms with Crippen LogP contribution in [-0.4, -0.2) is 33.7 Å². The molecular formula is C25H19FN4O2. The fourth-order valence-electron chi connectivity index (χ4n) is 3.94. The van der Waals surface area contributed by atoms with Gasteiger partial charge in [-0.2, -0.15) is 5.10 Å². The van der Waals surface area contributed by atoms with Crippen molar-refractivity contribution in [2.24, 2.45) is 5.10 Å². The van der Waals surface area contributed by atoms with Gasteiger partial charge in [0, 0.05) is 29.9 Å². The zero-order valence-electron chi connectivity index (χ0n) is 17.3. The Morgan fingerprint density at radius 1 is 1.00 bits per heavy atom. The molecule has 0 fully saturated rings. The quantitative estimate of drug-likeness (QED) is 0.472. The van der Waals surface area contributed by atoms with Crippen molar-refractivity contribution in [3.05, 3.63) is 102 Å². The number of halogens is 1. The number of para-hydroxylation sites is 1. The van der Waals surface area contributed by atoms with Gasteiger partial charge in [0.05, 0.1) is 29.9 Å². The van der Waals surface area contributed by atoms with E-state index in [4.69, 9.17) is 4.74 Å². The lowest BCUT2D eigenvalue weighted by Gasteiger charge is -2.22. The second kappa shape index (κ2) is 8.19. The maximum Gasteiger partial charge on any atom is 0.274 e. The van der Waals surface area contributed by atoms with Crippen LogP contribution in [0.4, 0.5) is 4.39 Å². The van der Waals surface area contributed by atoms with Gasteiger partial charge in [0.1, 0.15) is 11.6 Å². The molecule has 2 heterocycles. The molecule has 6 nitrogen and oxygen atoms in total. The highest BCUT2D eigenvalue weighted by Crippen LogP contribution is 2.36. The second-order valence-corrected chi connectivity index (χ2v) is 7.43. The molecule has 0 bridgehead atoms. The molecule has 0 saturated heterocycles. The summed E-state index contributed by atoms with van der Waals surface area (Å²) in [6.45, 7) is 0. The standard InChI is InChI=1S/C25H19FN4O2/c1-32-24-8-3-2-7-19(24)21-15-23(16-9-10-20-22(14-16)28-12-11-27-20)30(29-21)25(31)17-5-4-6-18(26)13-17/h2-14,23H,15H2,1H3/t23-/m0/s1. The molecule has 0 spiro atoms. The molecule has 0 saturated carbocycles. The fraction of sp³-hybridized carbons (Fsp3) is 0.120. The van der Waals surface area contributed by atoms with Crippen LogP contribution < -0.4 is 4.74 Å². The highest BCUT2D eigenvalue weighted by atomic mass is 19.1. The van der Waals surface area contributed by atoms with Crippen molar-refractivity contribution < 1.29 is 13.9 Å². The van der Waals surface area contributed by atoms with E-state index in [1.165, 1.54) is 23.2 Å². The van der Waals surface area contributed by atoms with Gasteiger partial charge in [-0.3, -0.25) is 14.8 Å². The van der Waals surface area contributed by atoms with Gasteiger partial charge in [-0.05, 0) is 48.0 Å². The Kier molecular flexibility index (Phi) is 5.07. The van der Waals surface area contributed by atoms with E-state index in [1.807, 2.05) is 42.5 Å². The summed E-state index contributed by atoms with van der Waals surface area (Å²) in [7, 11) is 1.60. The first-order valence-corrected chi connectivity index (χ1v) is 10.1. The Labute approximate surface area is 184 Å². The molecule has 3 aromatic carbocycles. The van der Waals surface area contributed by atoms with Gasteiger partial charge in [-0.25, -0.2) is 9.40 Å². The average Bonchev–Trinajstić information content (AvgIpc) is 3.28. The third-order valence-corrected chi connectivity index (χ3v) is 5.49. The number of fused-ring (bicyclic) bond motifs is 1. The molecule has 1 amide bonds. The molecule has 1 aliphatic heterocycles. The minimum absolute atomic E-state index is 0.237. The Morgan fingerprint density at radius 2 is 1.81 bits per heavy atom. The molecule has 32 heavy (non-hydrogen) atoms. The summed E-state index contributed by atoms with van der Waals surface area (Å²) in [6.07, 6.45) is 3.75. The van der Waals surface area contributed by atoms with Crippen molar-refractivity contribution in [3.63, 3.8) is 0 Å². The van der Waals surface area contributed by atoms with Gasteiger partial charge < -0.3 is 4.74 Å². The van der Waals surface area contributed by atoms with Crippen LogP contribution in [0.25, 0.3) is 11.0 Å². The van der Waals surface area contributed by atoms with E-state index in [-0.39, 0.29) is 17.5 Å². The molecule has 4 aromatic rings. The van der Waals surface area contributed by atoms with Crippen molar-refractivity contribution in [2.45, 2.75) is 12.5 Å². The van der Waals surface area contributed by atoms with E-state index in [1.54, 1.807) is 25.6 Å². The number of hydrazone groups is 1. The molecular weight excluding hydrogens is 407 g/mol. The van der Waals surface area contributed by atoms with E-state index < -0.39 is 5.82 Å². The SMILES string of the molecule is COc1ccccc1C1=NN(C(=O)c2cccc(F)c2)[C@H](c2ccc3nccnc3c2)C1. The Balaban J connectivity index is 1.60. The monoisotopic (exact) mass is 426 g/mol. The summed E-state index contributed by atoms with van der Waals surface area (Å²) < 4.78 is 19.3. The van der Waals surface area contributed by atoms with Crippen molar-refractivity contribution in [1.82, 2.24) is 15.0 Å². The molecule has 1 aromatic heterocycles. The molecule has 0 N–H and O–H groups in total. The average molecular weight is 426 g/mol. The predicted octanol–water partition coefficient (Wildman–Crippen LogP) is 4.77. The van der Waals surface area contributed by atoms with Crippen LogP contribution in [0, 0.1) is 5.82 Å². The normalized spacial score (nSPS) is 15.6. The first-order valence-electron chi connectivity index (χ1n) is 10.1. The van der Waals surface area contributed by atoms with Crippen LogP contribution in [-0.2, 0) is 0 Å². The summed E-state index contributed by atoms with van der Waals surface area (Å²) >= 11 is 0. The third kappa shape index (κ3) is 3.58. The van der Waals surface area contributed by atoms with Gasteiger partial charge in [0.25, 0.3) is 5.91 Å². The summed E-state index contributed by atoms with van der Waals surface area (Å²) in [6, 6.07) is 18.5. The van der Waals surface area contributed by atoms with E-state index >= 15 is 0 Å². The Morgan fingerprint density at radius 3 is 2.62 bits per heavy atom. The summed E-state index contributed by atoms with van der Waals surface area (Å²) in [5.41, 5.74) is 4.14. The maximum atomic E-state index is 13.8. The number of methoxy groups -OCH3 is 1. The number of rotatable bonds is 4. The Bertz CT molecular complexity index is 1350. The maximum absolute atomic E-state index is 13.8. The summed E-state index contributed by atoms with van der Waals surface area (Å²) in [5, 5.41) is 6.10. The fourth-order valence-corrected chi connectivity index (χ4v) is 3.94. The zero-order chi connectivity index (χ0) is 22.1. The lowest BCUT2D eigenvalue weighted by Crippen LogP contribution is -2.27. The molecule has 1 atom stereocenters. The molecule has 158 valence electrons. The van der Waals surface area contributed by atoms with Crippen LogP contribution >= 0.6 is 0 Å². The number of amides is 1. The highest BCUT2D eigenvalue weighted by Gasteiger charge is 2.34. The van der Waals surface area contributed by atoms with Crippen molar-refractivity contribution in [1.29, 1.82) is 0 Å². The number of ether oxygens (including phenoxy) is 1. The second-order valence-electron chi connectivity index (χ2n) is 7.43. The summed E-state index contributed by atoms with van der Waals surface area (Å²) in [5.74, 6) is -0.172. The van der Waals surface area contributed by atoms with Gasteiger partial charge >= 0.3 is 0 Å². The molecule has 7 heteroatoms. The van der Waals surface area contributed by atoms with Crippen LogP contribution in [0.15, 0.2) is 84.2 Å². The predicted molar refractivity (Wildman–Crippen MR) is 119 cm³/mol. The molecule has 1 aliphatic rings. The van der Waals surface area contributed by atoms with Crippen LogP contribution in [0.3, 0.4) is 0 Å². The minimum atomic E-state index is -0.471. The minimum Gasteiger partial charge on any atom is -0.496 e. The Hall–Kier alpha value is -4.13. The third-order valence-electron chi connectivity index (χ3n) is 5.49. The van der Waals surface area contributed by atoms with E-state index in [0.29, 0.717) is 12.2 Å². The topological polar surface area (TPSA) is 67.7 Å². The van der Waals surface area contributed by atoms with Gasteiger partial charge in [-0.1, -0.05) is 24.3 Å². The summed E-state index contributed by atoms with van der Waals surface area (Å²) in [4.78, 5) is 22.1. The number of hydrogen-bond acceptors (Lipinski definition) is 5. The lowest BCUT2D eigenvalue weighted by molar-refractivity contribution is 0.0710. The molecule has 0 unspecified atom stereocenters. The zero-order valence-corrected chi connectivity index (χ0v) is 17.3. The number of carbonyl (C=O) groups excluding carboxylic acids is 1. The van der Waals surface area contributed by atoms with E-state index in [0.717, 1.165) is 27.9 Å². The number of nitrogens with zero attached hydrogens (tertiary/aromatic N) is 4. The number of hydrogen-bond donors (Lipinski definition) is 0. The van der Waals surface area contributed by atoms with Crippen molar-refractivity contribution in [2.75, 3.05) is 7.11 Å². The van der Waals surface area contributed by atoms with Crippen molar-refractivity contribution in [3.8, 4) is 5.75 Å². The lowest BCUT2D eigenvalue weighted by atomic mass is 9.97. The van der Waals surface area contributed by atoms with Gasteiger partial charge in [0.2, 0.25) is 0 Å². The molecule has 5 rings (SSSR count). The number of aromatic nitrogens is 2. The van der Waals surface area contributed by atoms with Crippen LogP contribution in [0.1, 0.15) is 33.9 Å². The van der Waals surface area contributed by atoms with Gasteiger partial charge in [0.15, 0.2) is 0 Å². The number of carbonyl (C=O) groups is 1. The smallest absolute Gasteiger partial charge is 0.274 e. The first kappa shape index (κ1) is 19.8. The van der Waals surface area contributed by atoms with Crippen LogP contribution in [0.2, 0.25) is 0 Å². The van der Waals surface area contributed by atoms with Gasteiger partial charge in [-0.15, -0.1) is 0 Å². The largest absolute Gasteiger partial charge is 0.496 e. The van der Waals surface area contributed by atoms with Crippen molar-refractivity contribution >= 4 is 22.7 Å². The molecule has 0 aliphatic carbocycles.